The van der Waals surface area contributed by atoms with Crippen LogP contribution in [0, 0.1) is 0 Å². The summed E-state index contributed by atoms with van der Waals surface area (Å²) in [5.74, 6) is 1.53. The molecule has 0 bridgehead atoms. The lowest BCUT2D eigenvalue weighted by atomic mass is 9.87. The van der Waals surface area contributed by atoms with Crippen LogP contribution in [0.1, 0.15) is 57.2 Å². The van der Waals surface area contributed by atoms with Crippen LogP contribution in [0.4, 0.5) is 0 Å². The highest BCUT2D eigenvalue weighted by molar-refractivity contribution is 5.83. The number of hydrazone groups is 1. The third kappa shape index (κ3) is 6.17. The van der Waals surface area contributed by atoms with E-state index in [-0.39, 0.29) is 5.41 Å². The average molecular weight is 524 g/mol. The van der Waals surface area contributed by atoms with Crippen molar-refractivity contribution in [2.75, 3.05) is 6.54 Å². The van der Waals surface area contributed by atoms with Crippen molar-refractivity contribution in [3.8, 4) is 22.5 Å². The summed E-state index contributed by atoms with van der Waals surface area (Å²) in [6.07, 6.45) is 1.95. The van der Waals surface area contributed by atoms with Gasteiger partial charge < -0.3 is 10.0 Å². The van der Waals surface area contributed by atoms with E-state index in [0.29, 0.717) is 18.9 Å². The predicted molar refractivity (Wildman–Crippen MR) is 154 cm³/mol. The van der Waals surface area contributed by atoms with E-state index >= 15 is 0 Å². The van der Waals surface area contributed by atoms with Crippen LogP contribution in [0.25, 0.3) is 22.5 Å². The standard InChI is InChI=1S/C31H37N7O/c1-5-37-28(34-38(30(37)39)21-23-15-17-27(18-16-23)31(2,3)4)14-7-10-22-9-6-11-24(19-22)25-12-8-13-26(20-25)29-32-35-36-33-29/h6,8-9,11-13,15-20,30,39H,5,7,10,14,21H2,1-4H3,(H,32,33,35,36). The van der Waals surface area contributed by atoms with Gasteiger partial charge in [-0.15, -0.1) is 10.2 Å². The van der Waals surface area contributed by atoms with Crippen LogP contribution in [0.3, 0.4) is 0 Å². The quantitative estimate of drug-likeness (QED) is 0.297. The molecular weight excluding hydrogens is 486 g/mol. The number of aryl methyl sites for hydroxylation is 1. The highest BCUT2D eigenvalue weighted by atomic mass is 16.3. The van der Waals surface area contributed by atoms with E-state index in [0.717, 1.165) is 47.4 Å². The van der Waals surface area contributed by atoms with Gasteiger partial charge in [-0.05, 0) is 64.3 Å². The fourth-order valence-corrected chi connectivity index (χ4v) is 4.98. The van der Waals surface area contributed by atoms with E-state index < -0.39 is 6.35 Å². The topological polar surface area (TPSA) is 93.5 Å². The smallest absolute Gasteiger partial charge is 0.224 e. The Labute approximate surface area is 230 Å². The third-order valence-corrected chi connectivity index (χ3v) is 7.22. The van der Waals surface area contributed by atoms with E-state index in [1.165, 1.54) is 11.1 Å². The normalized spacial score (nSPS) is 15.6. The molecule has 2 heterocycles. The van der Waals surface area contributed by atoms with Crippen LogP contribution in [0.5, 0.6) is 0 Å². The van der Waals surface area contributed by atoms with Crippen LogP contribution < -0.4 is 0 Å². The molecule has 1 unspecified atom stereocenters. The van der Waals surface area contributed by atoms with Crippen LogP contribution >= 0.6 is 0 Å². The maximum Gasteiger partial charge on any atom is 0.224 e. The second kappa shape index (κ2) is 11.4. The highest BCUT2D eigenvalue weighted by Gasteiger charge is 2.30. The van der Waals surface area contributed by atoms with Gasteiger partial charge >= 0.3 is 0 Å². The molecule has 0 fully saturated rings. The molecule has 4 aromatic rings. The first-order valence-electron chi connectivity index (χ1n) is 13.6. The number of aromatic nitrogens is 4. The summed E-state index contributed by atoms with van der Waals surface area (Å²) in [4.78, 5) is 1.99. The second-order valence-electron chi connectivity index (χ2n) is 11.1. The Hall–Kier alpha value is -4.04. The average Bonchev–Trinajstić information content (AvgIpc) is 3.57. The molecule has 1 atom stereocenters. The first-order valence-corrected chi connectivity index (χ1v) is 13.6. The van der Waals surface area contributed by atoms with Gasteiger partial charge in [0.05, 0.1) is 6.54 Å². The van der Waals surface area contributed by atoms with Crippen LogP contribution in [-0.2, 0) is 18.4 Å². The minimum Gasteiger partial charge on any atom is -0.355 e. The zero-order valence-electron chi connectivity index (χ0n) is 23.2. The van der Waals surface area contributed by atoms with E-state index in [1.807, 2.05) is 17.0 Å². The minimum absolute atomic E-state index is 0.120. The summed E-state index contributed by atoms with van der Waals surface area (Å²) in [6, 6.07) is 25.5. The summed E-state index contributed by atoms with van der Waals surface area (Å²) >= 11 is 0. The van der Waals surface area contributed by atoms with Crippen molar-refractivity contribution in [2.45, 2.75) is 65.3 Å². The van der Waals surface area contributed by atoms with Crippen LogP contribution in [0.15, 0.2) is 77.9 Å². The Balaban J connectivity index is 1.22. The molecule has 0 saturated carbocycles. The Morgan fingerprint density at radius 1 is 0.872 bits per heavy atom. The molecule has 3 aromatic carbocycles. The van der Waals surface area contributed by atoms with E-state index in [9.17, 15) is 5.11 Å². The van der Waals surface area contributed by atoms with Crippen molar-refractivity contribution >= 4 is 5.84 Å². The minimum atomic E-state index is -0.734. The lowest BCUT2D eigenvalue weighted by molar-refractivity contribution is -0.0617. The Morgan fingerprint density at radius 2 is 1.59 bits per heavy atom. The first kappa shape index (κ1) is 26.6. The lowest BCUT2D eigenvalue weighted by Crippen LogP contribution is -2.41. The molecule has 1 aliphatic heterocycles. The molecule has 8 nitrogen and oxygen atoms in total. The molecule has 1 aromatic heterocycles. The second-order valence-corrected chi connectivity index (χ2v) is 11.1. The molecular formula is C31H37N7O. The van der Waals surface area contributed by atoms with Gasteiger partial charge in [-0.2, -0.15) is 10.3 Å². The van der Waals surface area contributed by atoms with Gasteiger partial charge in [0.25, 0.3) is 0 Å². The summed E-state index contributed by atoms with van der Waals surface area (Å²) in [5.41, 5.74) is 7.04. The molecule has 39 heavy (non-hydrogen) atoms. The number of benzene rings is 3. The monoisotopic (exact) mass is 523 g/mol. The molecule has 0 amide bonds. The first-order chi connectivity index (χ1) is 18.8. The molecule has 0 saturated heterocycles. The number of nitrogens with zero attached hydrogens (tertiary/aromatic N) is 6. The van der Waals surface area contributed by atoms with Gasteiger partial charge in [-0.1, -0.05) is 87.5 Å². The summed E-state index contributed by atoms with van der Waals surface area (Å²) in [5, 5.41) is 31.9. The summed E-state index contributed by atoms with van der Waals surface area (Å²) in [7, 11) is 0. The van der Waals surface area contributed by atoms with E-state index in [4.69, 9.17) is 5.10 Å². The Kier molecular flexibility index (Phi) is 7.74. The number of aliphatic hydroxyl groups is 1. The number of rotatable bonds is 9. The Morgan fingerprint density at radius 3 is 2.28 bits per heavy atom. The summed E-state index contributed by atoms with van der Waals surface area (Å²) in [6.45, 7) is 10.0. The molecule has 2 N–H and O–H groups in total. The highest BCUT2D eigenvalue weighted by Crippen LogP contribution is 2.27. The molecule has 0 radical (unpaired) electrons. The Bertz CT molecular complexity index is 1410. The number of hydrogen-bond acceptors (Lipinski definition) is 7. The molecule has 202 valence electrons. The molecule has 0 spiro atoms. The van der Waals surface area contributed by atoms with Gasteiger partial charge in [0.2, 0.25) is 12.2 Å². The van der Waals surface area contributed by atoms with E-state index in [2.05, 4.69) is 109 Å². The number of H-pyrrole nitrogens is 1. The molecule has 5 rings (SSSR count). The SMILES string of the molecule is CCN1C(CCCc2cccc(-c3cccc(-c4nn[nH]n4)c3)c2)=NN(Cc2ccc(C(C)(C)C)cc2)C1O. The van der Waals surface area contributed by atoms with Gasteiger partial charge in [-0.25, -0.2) is 5.01 Å². The third-order valence-electron chi connectivity index (χ3n) is 7.22. The van der Waals surface area contributed by atoms with Crippen molar-refractivity contribution in [2.24, 2.45) is 5.10 Å². The number of aliphatic hydroxyl groups excluding tert-OH is 1. The lowest BCUT2D eigenvalue weighted by Gasteiger charge is -2.26. The zero-order valence-corrected chi connectivity index (χ0v) is 23.2. The number of amidine groups is 1. The molecule has 0 aliphatic carbocycles. The van der Waals surface area contributed by atoms with Crippen molar-refractivity contribution in [1.82, 2.24) is 30.5 Å². The maximum atomic E-state index is 11.0. The van der Waals surface area contributed by atoms with E-state index in [1.54, 1.807) is 5.01 Å². The summed E-state index contributed by atoms with van der Waals surface area (Å²) < 4.78 is 0. The zero-order chi connectivity index (χ0) is 27.4. The number of tetrazole rings is 1. The van der Waals surface area contributed by atoms with Crippen molar-refractivity contribution in [1.29, 1.82) is 0 Å². The van der Waals surface area contributed by atoms with Crippen LogP contribution in [-0.4, -0.2) is 54.4 Å². The van der Waals surface area contributed by atoms with Gasteiger partial charge in [0.1, 0.15) is 5.84 Å². The van der Waals surface area contributed by atoms with Crippen molar-refractivity contribution < 1.29 is 5.11 Å². The largest absolute Gasteiger partial charge is 0.355 e. The fraction of sp³-hybridized carbons (Fsp3) is 0.355. The van der Waals surface area contributed by atoms with Gasteiger partial charge in [-0.3, -0.25) is 0 Å². The van der Waals surface area contributed by atoms with Crippen molar-refractivity contribution in [3.63, 3.8) is 0 Å². The van der Waals surface area contributed by atoms with Crippen molar-refractivity contribution in [3.05, 3.63) is 89.5 Å². The number of nitrogens with one attached hydrogen (secondary N) is 1. The molecule has 8 heteroatoms. The number of hydrogen-bond donors (Lipinski definition) is 2. The van der Waals surface area contributed by atoms with Gasteiger partial charge in [0.15, 0.2) is 0 Å². The number of aromatic amines is 1. The fourth-order valence-electron chi connectivity index (χ4n) is 4.98. The van der Waals surface area contributed by atoms with Crippen LogP contribution in [0.2, 0.25) is 0 Å². The predicted octanol–water partition coefficient (Wildman–Crippen LogP) is 5.58. The molecule has 1 aliphatic rings. The van der Waals surface area contributed by atoms with Gasteiger partial charge in [0, 0.05) is 18.5 Å². The maximum absolute atomic E-state index is 11.0.